The van der Waals surface area contributed by atoms with E-state index in [1.165, 1.54) is 0 Å². The van der Waals surface area contributed by atoms with Crippen molar-refractivity contribution in [3.63, 3.8) is 0 Å². The van der Waals surface area contributed by atoms with Gasteiger partial charge in [-0.2, -0.15) is 0 Å². The molecule has 0 aliphatic carbocycles. The van der Waals surface area contributed by atoms with Crippen LogP contribution in [0.25, 0.3) is 11.0 Å². The molecule has 0 spiro atoms. The molecule has 114 valence electrons. The van der Waals surface area contributed by atoms with Crippen LogP contribution in [0.5, 0.6) is 0 Å². The Morgan fingerprint density at radius 1 is 1.48 bits per heavy atom. The maximum absolute atomic E-state index is 6.07. The van der Waals surface area contributed by atoms with E-state index in [0.29, 0.717) is 5.88 Å². The third-order valence-electron chi connectivity index (χ3n) is 3.97. The van der Waals surface area contributed by atoms with Gasteiger partial charge in [-0.05, 0) is 24.7 Å². The van der Waals surface area contributed by atoms with Crippen molar-refractivity contribution >= 4 is 38.6 Å². The normalized spacial score (nSPS) is 20.2. The molecule has 0 saturated carbocycles. The summed E-state index contributed by atoms with van der Waals surface area (Å²) in [4.78, 5) is 7.04. The van der Waals surface area contributed by atoms with Crippen LogP contribution in [0.15, 0.2) is 22.7 Å². The maximum atomic E-state index is 6.07. The maximum Gasteiger partial charge on any atom is 0.124 e. The molecule has 1 aromatic heterocycles. The number of nitrogens with zero attached hydrogens (tertiary/aromatic N) is 3. The van der Waals surface area contributed by atoms with Crippen LogP contribution in [-0.2, 0) is 17.2 Å². The van der Waals surface area contributed by atoms with Crippen molar-refractivity contribution in [3.8, 4) is 0 Å². The van der Waals surface area contributed by atoms with Gasteiger partial charge in [0.15, 0.2) is 0 Å². The van der Waals surface area contributed by atoms with Gasteiger partial charge >= 0.3 is 0 Å². The number of ether oxygens (including phenoxy) is 1. The SMILES string of the molecule is CCN1CCOC(Cn2c(CCl)nc3ccc(Br)cc32)C1. The smallest absolute Gasteiger partial charge is 0.124 e. The fraction of sp³-hybridized carbons (Fsp3) is 0.533. The number of rotatable bonds is 4. The first-order chi connectivity index (χ1) is 10.2. The molecular formula is C15H19BrClN3O. The fourth-order valence-corrected chi connectivity index (χ4v) is 3.39. The van der Waals surface area contributed by atoms with E-state index in [4.69, 9.17) is 16.3 Å². The zero-order valence-corrected chi connectivity index (χ0v) is 14.4. The molecule has 4 nitrogen and oxygen atoms in total. The van der Waals surface area contributed by atoms with Gasteiger partial charge in [0, 0.05) is 17.6 Å². The molecule has 3 rings (SSSR count). The largest absolute Gasteiger partial charge is 0.374 e. The molecule has 1 aliphatic heterocycles. The van der Waals surface area contributed by atoms with Crippen LogP contribution in [0.3, 0.4) is 0 Å². The molecular weight excluding hydrogens is 354 g/mol. The third-order valence-corrected chi connectivity index (χ3v) is 4.70. The predicted octanol–water partition coefficient (Wildman–Crippen LogP) is 3.26. The molecule has 2 heterocycles. The molecule has 0 bridgehead atoms. The van der Waals surface area contributed by atoms with Crippen molar-refractivity contribution < 1.29 is 4.74 Å². The second-order valence-corrected chi connectivity index (χ2v) is 6.47. The molecule has 21 heavy (non-hydrogen) atoms. The highest BCUT2D eigenvalue weighted by Crippen LogP contribution is 2.23. The number of alkyl halides is 1. The number of benzene rings is 1. The van der Waals surface area contributed by atoms with Gasteiger partial charge in [-0.25, -0.2) is 4.98 Å². The number of morpholine rings is 1. The number of hydrogen-bond donors (Lipinski definition) is 0. The quantitative estimate of drug-likeness (QED) is 0.772. The van der Waals surface area contributed by atoms with Gasteiger partial charge in [0.05, 0.1) is 36.2 Å². The Balaban J connectivity index is 1.90. The lowest BCUT2D eigenvalue weighted by Crippen LogP contribution is -2.44. The average molecular weight is 373 g/mol. The van der Waals surface area contributed by atoms with Crippen LogP contribution in [0.2, 0.25) is 0 Å². The highest BCUT2D eigenvalue weighted by Gasteiger charge is 2.22. The Kier molecular flexibility index (Phi) is 4.84. The van der Waals surface area contributed by atoms with Crippen molar-refractivity contribution in [2.75, 3.05) is 26.2 Å². The molecule has 1 unspecified atom stereocenters. The zero-order valence-electron chi connectivity index (χ0n) is 12.1. The number of halogens is 2. The second kappa shape index (κ2) is 6.65. The summed E-state index contributed by atoms with van der Waals surface area (Å²) in [5, 5.41) is 0. The van der Waals surface area contributed by atoms with Crippen molar-refractivity contribution in [2.45, 2.75) is 25.5 Å². The lowest BCUT2D eigenvalue weighted by Gasteiger charge is -2.32. The van der Waals surface area contributed by atoms with Crippen molar-refractivity contribution in [2.24, 2.45) is 0 Å². The second-order valence-electron chi connectivity index (χ2n) is 5.29. The van der Waals surface area contributed by atoms with Crippen LogP contribution >= 0.6 is 27.5 Å². The molecule has 1 fully saturated rings. The van der Waals surface area contributed by atoms with Gasteiger partial charge in [-0.1, -0.05) is 22.9 Å². The van der Waals surface area contributed by atoms with Crippen LogP contribution < -0.4 is 0 Å². The van der Waals surface area contributed by atoms with Crippen LogP contribution in [0.1, 0.15) is 12.7 Å². The van der Waals surface area contributed by atoms with E-state index in [2.05, 4.69) is 43.4 Å². The van der Waals surface area contributed by atoms with E-state index in [1.54, 1.807) is 0 Å². The van der Waals surface area contributed by atoms with Gasteiger partial charge in [0.1, 0.15) is 5.82 Å². The highest BCUT2D eigenvalue weighted by atomic mass is 79.9. The molecule has 6 heteroatoms. The topological polar surface area (TPSA) is 30.3 Å². The lowest BCUT2D eigenvalue weighted by molar-refractivity contribution is -0.0340. The molecule has 1 aromatic carbocycles. The van der Waals surface area contributed by atoms with Crippen molar-refractivity contribution in [3.05, 3.63) is 28.5 Å². The summed E-state index contributed by atoms with van der Waals surface area (Å²) in [6.07, 6.45) is 0.192. The van der Waals surface area contributed by atoms with Gasteiger partial charge < -0.3 is 9.30 Å². The molecule has 2 aromatic rings. The first kappa shape index (κ1) is 15.3. The zero-order chi connectivity index (χ0) is 14.8. The van der Waals surface area contributed by atoms with Gasteiger partial charge in [0.2, 0.25) is 0 Å². The summed E-state index contributed by atoms with van der Waals surface area (Å²) in [6.45, 7) is 6.84. The van der Waals surface area contributed by atoms with E-state index in [0.717, 1.165) is 54.1 Å². The van der Waals surface area contributed by atoms with Crippen LogP contribution in [-0.4, -0.2) is 46.8 Å². The standard InChI is InChI=1S/C15H19BrClN3O/c1-2-19-5-6-21-12(9-19)10-20-14-7-11(16)3-4-13(14)18-15(20)8-17/h3-4,7,12H,2,5-6,8-10H2,1H3. The fourth-order valence-electron chi connectivity index (χ4n) is 2.83. The van der Waals surface area contributed by atoms with Gasteiger partial charge in [-0.15, -0.1) is 11.6 Å². The summed E-state index contributed by atoms with van der Waals surface area (Å²) in [5.74, 6) is 1.32. The Labute approximate surface area is 138 Å². The number of hydrogen-bond acceptors (Lipinski definition) is 3. The Bertz CT molecular complexity index is 631. The number of fused-ring (bicyclic) bond motifs is 1. The third kappa shape index (κ3) is 3.26. The van der Waals surface area contributed by atoms with Crippen molar-refractivity contribution in [1.29, 1.82) is 0 Å². The Hall–Kier alpha value is -0.620. The number of aromatic nitrogens is 2. The minimum atomic E-state index is 0.192. The molecule has 1 atom stereocenters. The highest BCUT2D eigenvalue weighted by molar-refractivity contribution is 9.10. The first-order valence-corrected chi connectivity index (χ1v) is 8.58. The molecule has 0 N–H and O–H groups in total. The summed E-state index contributed by atoms with van der Waals surface area (Å²) < 4.78 is 9.16. The van der Waals surface area contributed by atoms with E-state index >= 15 is 0 Å². The van der Waals surface area contributed by atoms with E-state index in [-0.39, 0.29) is 6.10 Å². The van der Waals surface area contributed by atoms with E-state index in [9.17, 15) is 0 Å². The summed E-state index contributed by atoms with van der Waals surface area (Å²) in [5.41, 5.74) is 2.09. The van der Waals surface area contributed by atoms with Gasteiger partial charge in [0.25, 0.3) is 0 Å². The number of imidazole rings is 1. The average Bonchev–Trinajstić information content (AvgIpc) is 2.85. The molecule has 1 saturated heterocycles. The van der Waals surface area contributed by atoms with Crippen molar-refractivity contribution in [1.82, 2.24) is 14.5 Å². The van der Waals surface area contributed by atoms with E-state index < -0.39 is 0 Å². The Morgan fingerprint density at radius 3 is 3.10 bits per heavy atom. The first-order valence-electron chi connectivity index (χ1n) is 7.26. The molecule has 0 radical (unpaired) electrons. The molecule has 1 aliphatic rings. The minimum absolute atomic E-state index is 0.192. The summed E-state index contributed by atoms with van der Waals surface area (Å²) >= 11 is 9.60. The van der Waals surface area contributed by atoms with Crippen LogP contribution in [0, 0.1) is 0 Å². The Morgan fingerprint density at radius 2 is 2.33 bits per heavy atom. The van der Waals surface area contributed by atoms with Gasteiger partial charge in [-0.3, -0.25) is 4.90 Å². The predicted molar refractivity (Wildman–Crippen MR) is 88.8 cm³/mol. The number of likely N-dealkylation sites (N-methyl/N-ethyl adjacent to an activating group) is 1. The summed E-state index contributed by atoms with van der Waals surface area (Å²) in [6, 6.07) is 6.12. The lowest BCUT2D eigenvalue weighted by atomic mass is 10.2. The monoisotopic (exact) mass is 371 g/mol. The van der Waals surface area contributed by atoms with E-state index in [1.807, 2.05) is 12.1 Å². The summed E-state index contributed by atoms with van der Waals surface area (Å²) in [7, 11) is 0. The van der Waals surface area contributed by atoms with Crippen LogP contribution in [0.4, 0.5) is 0 Å². The molecule has 0 amide bonds. The minimum Gasteiger partial charge on any atom is -0.374 e.